The normalized spacial score (nSPS) is 30.7. The topological polar surface area (TPSA) is 127 Å². The largest absolute Gasteiger partial charge is 0.419 e. The minimum atomic E-state index is -4.76. The van der Waals surface area contributed by atoms with Crippen LogP contribution in [0.4, 0.5) is 17.6 Å². The zero-order valence-electron chi connectivity index (χ0n) is 58.0. The van der Waals surface area contributed by atoms with E-state index in [2.05, 4.69) is 145 Å². The first kappa shape index (κ1) is 72.8. The van der Waals surface area contributed by atoms with Gasteiger partial charge in [-0.25, -0.2) is 4.39 Å². The lowest BCUT2D eigenvalue weighted by Gasteiger charge is -2.60. The Morgan fingerprint density at radius 2 is 1.56 bits per heavy atom. The first-order valence-corrected chi connectivity index (χ1v) is 36.1. The number of nitrogens with one attached hydrogen (secondary N) is 6. The van der Waals surface area contributed by atoms with Gasteiger partial charge in [-0.05, 0) is 146 Å². The molecule has 0 bridgehead atoms. The highest BCUT2D eigenvalue weighted by atomic mass is 19.4. The lowest BCUT2D eigenvalue weighted by molar-refractivity contribution is -0.165. The molecule has 4 aliphatic heterocycles. The van der Waals surface area contributed by atoms with E-state index >= 15 is 0 Å². The van der Waals surface area contributed by atoms with Gasteiger partial charge in [-0.1, -0.05) is 98.0 Å². The van der Waals surface area contributed by atoms with Crippen LogP contribution in [0.1, 0.15) is 195 Å². The Kier molecular flexibility index (Phi) is 28.1. The summed E-state index contributed by atoms with van der Waals surface area (Å²) in [6.07, 6.45) is 29.4. The summed E-state index contributed by atoms with van der Waals surface area (Å²) in [6.45, 7) is 28.6. The van der Waals surface area contributed by atoms with E-state index in [0.29, 0.717) is 81.5 Å². The number of ether oxygens (including phenoxy) is 1. The molecule has 1 amide bonds. The maximum Gasteiger partial charge on any atom is 0.419 e. The van der Waals surface area contributed by atoms with E-state index in [1.165, 1.54) is 88.1 Å². The number of morpholine rings is 1. The van der Waals surface area contributed by atoms with Crippen LogP contribution in [0.5, 0.6) is 0 Å². The number of fused-ring (bicyclic) bond motifs is 2. The summed E-state index contributed by atoms with van der Waals surface area (Å²) in [5, 5.41) is 24.2. The standard InChI is InChI=1S/C73H122F4N12O2/c1-12-52(4)67-46-82-66(43-51(2)3)54(6)81-47-68-69(71(90)87-39-41-91-42-40-87)57(9)89(68)70(60-23-16-17-24-60)55(7)84-72(31-18-19-32-72)50-79-35-34-78-33-30-61(28-26-59-27-29-64(65(74)45-59)73(75,76)77)80-36-38-85(10)48-63(44-58-21-14-13-15-22-58)86(11)49-62-25-20-37-88(62)56(8)53(5)83-67/h27,29-30,33,36,38,45,48-49,51-58,60,66-70,79-84H,12-26,28,31-32,34-35,37,39-44,46-47,50H2,1-11H3/t52-,53?,54?,55?,56-,57?,66-,67+,68?,69-,70+/m0/s1. The fraction of sp³-hybridized carbons (Fsp3) is 0.781. The zero-order valence-corrected chi connectivity index (χ0v) is 58.0. The summed E-state index contributed by atoms with van der Waals surface area (Å²) < 4.78 is 61.2. The Morgan fingerprint density at radius 1 is 0.835 bits per heavy atom. The van der Waals surface area contributed by atoms with Gasteiger partial charge in [0.15, 0.2) is 0 Å². The van der Waals surface area contributed by atoms with E-state index < -0.39 is 17.6 Å². The van der Waals surface area contributed by atoms with Crippen LogP contribution in [0.25, 0.3) is 0 Å². The van der Waals surface area contributed by atoms with Gasteiger partial charge in [-0.2, -0.15) is 13.2 Å². The number of nitrogens with zero attached hydrogens (tertiary/aromatic N) is 6. The molecule has 6 fully saturated rings. The van der Waals surface area contributed by atoms with Crippen molar-refractivity contribution in [3.63, 3.8) is 0 Å². The van der Waals surface area contributed by atoms with Crippen LogP contribution in [0.2, 0.25) is 0 Å². The second-order valence-corrected chi connectivity index (χ2v) is 29.4. The van der Waals surface area contributed by atoms with Crippen LogP contribution in [0.3, 0.4) is 0 Å². The minimum Gasteiger partial charge on any atom is -0.378 e. The van der Waals surface area contributed by atoms with E-state index in [1.807, 2.05) is 24.7 Å². The molecule has 6 N–H and O–H groups in total. The van der Waals surface area contributed by atoms with Crippen molar-refractivity contribution < 1.29 is 27.1 Å². The molecule has 11 atom stereocenters. The third-order valence-corrected chi connectivity index (χ3v) is 22.3. The summed E-state index contributed by atoms with van der Waals surface area (Å²) in [5.41, 5.74) is 2.62. The third-order valence-electron chi connectivity index (χ3n) is 22.3. The highest BCUT2D eigenvalue weighted by molar-refractivity contribution is 5.81. The highest BCUT2D eigenvalue weighted by Crippen LogP contribution is 2.44. The van der Waals surface area contributed by atoms with Gasteiger partial charge in [0.1, 0.15) is 5.82 Å². The van der Waals surface area contributed by atoms with Gasteiger partial charge in [-0.15, -0.1) is 0 Å². The number of carbonyl (C=O) groups excluding carboxylic acids is 1. The first-order valence-electron chi connectivity index (χ1n) is 36.1. The fourth-order valence-corrected chi connectivity index (χ4v) is 16.6. The summed E-state index contributed by atoms with van der Waals surface area (Å²) in [7, 11) is 4.28. The number of amides is 1. The maximum atomic E-state index is 14.9. The fourth-order valence-electron chi connectivity index (χ4n) is 16.6. The van der Waals surface area contributed by atoms with Crippen LogP contribution < -0.4 is 31.9 Å². The zero-order chi connectivity index (χ0) is 65.2. The number of allylic oxidation sites excluding steroid dienone is 4. The van der Waals surface area contributed by atoms with E-state index in [-0.39, 0.29) is 71.7 Å². The second kappa shape index (κ2) is 35.1. The molecular formula is C73H122F4N12O2. The van der Waals surface area contributed by atoms with Crippen molar-refractivity contribution in [2.24, 2.45) is 34.6 Å². The van der Waals surface area contributed by atoms with Gasteiger partial charge in [-0.3, -0.25) is 14.7 Å². The van der Waals surface area contributed by atoms with Gasteiger partial charge in [0, 0.05) is 168 Å². The summed E-state index contributed by atoms with van der Waals surface area (Å²) in [4.78, 5) is 31.8. The van der Waals surface area contributed by atoms with Crippen molar-refractivity contribution in [2.75, 3.05) is 79.7 Å². The highest BCUT2D eigenvalue weighted by Gasteiger charge is 2.56. The Hall–Kier alpha value is -4.04. The molecule has 91 heavy (non-hydrogen) atoms. The lowest BCUT2D eigenvalue weighted by atomic mass is 9.74. The molecule has 1 spiro atoms. The monoisotopic (exact) mass is 1270 g/mol. The molecule has 14 nitrogen and oxygen atoms in total. The molecule has 5 unspecified atom stereocenters. The average Bonchev–Trinajstić information content (AvgIpc) is 1.50. The summed E-state index contributed by atoms with van der Waals surface area (Å²) in [5.74, 6) is 1.07. The molecule has 0 radical (unpaired) electrons. The predicted molar refractivity (Wildman–Crippen MR) is 365 cm³/mol. The van der Waals surface area contributed by atoms with E-state index in [4.69, 9.17) is 9.73 Å². The quantitative estimate of drug-likeness (QED) is 0.118. The van der Waals surface area contributed by atoms with Gasteiger partial charge in [0.2, 0.25) is 5.91 Å². The van der Waals surface area contributed by atoms with E-state index in [0.717, 1.165) is 89.0 Å². The van der Waals surface area contributed by atoms with Crippen molar-refractivity contribution >= 4 is 12.1 Å². The minimum absolute atomic E-state index is 0.0623. The number of carbonyl (C=O) groups is 1. The van der Waals surface area contributed by atoms with Crippen molar-refractivity contribution in [1.29, 1.82) is 0 Å². The molecule has 1 aromatic carbocycles. The predicted octanol–water partition coefficient (Wildman–Crippen LogP) is 12.2. The van der Waals surface area contributed by atoms with Crippen molar-refractivity contribution in [2.45, 2.75) is 257 Å². The first-order chi connectivity index (χ1) is 43.6. The van der Waals surface area contributed by atoms with E-state index in [9.17, 15) is 22.4 Å². The lowest BCUT2D eigenvalue weighted by Crippen LogP contribution is -2.76. The SMILES string of the molecule is CC[C@H](C)[C@H]1CN[C@@H](CC(C)C)C(C)NCC2[C@@H](C(=O)N3CCOCC3)C(C)N2[C@@H](C2CCCC2)C(C)NC2(CCCC2)CNCCN=CC=C(CCc2ccc(C(F)(F)F)c(F)c2)NC=CN(C)C=C(CC2CCCCC2)N(C)C=C2CCCN2[C@@H](C)C(C)N1. The van der Waals surface area contributed by atoms with Gasteiger partial charge in [0.05, 0.1) is 31.2 Å². The van der Waals surface area contributed by atoms with Crippen molar-refractivity contribution in [3.8, 4) is 0 Å². The number of hydrogen-bond donors (Lipinski definition) is 6. The maximum absolute atomic E-state index is 14.9. The number of rotatable bonds is 11. The van der Waals surface area contributed by atoms with Gasteiger partial charge < -0.3 is 56.2 Å². The number of alkyl halides is 3. The van der Waals surface area contributed by atoms with Crippen molar-refractivity contribution in [1.82, 2.24) is 56.4 Å². The molecule has 18 heteroatoms. The number of aryl methyl sites for hydroxylation is 1. The van der Waals surface area contributed by atoms with Crippen LogP contribution in [0.15, 0.2) is 71.2 Å². The Labute approximate surface area is 547 Å². The number of halogens is 4. The molecule has 7 aliphatic rings. The molecule has 3 saturated carbocycles. The molecule has 3 saturated heterocycles. The Bertz CT molecular complexity index is 2530. The summed E-state index contributed by atoms with van der Waals surface area (Å²) in [6, 6.07) is 5.09. The van der Waals surface area contributed by atoms with Crippen LogP contribution in [-0.4, -0.2) is 176 Å². The number of hydrogen-bond acceptors (Lipinski definition) is 13. The molecule has 1 aromatic rings. The van der Waals surface area contributed by atoms with Crippen LogP contribution in [-0.2, 0) is 22.1 Å². The average molecular weight is 1280 g/mol. The molecule has 3 aliphatic carbocycles. The number of benzene rings is 1. The second-order valence-electron chi connectivity index (χ2n) is 29.4. The van der Waals surface area contributed by atoms with Crippen LogP contribution >= 0.6 is 0 Å². The smallest absolute Gasteiger partial charge is 0.378 e. The van der Waals surface area contributed by atoms with Gasteiger partial charge in [0.25, 0.3) is 0 Å². The molecule has 0 aromatic heterocycles. The van der Waals surface area contributed by atoms with E-state index in [1.54, 1.807) is 0 Å². The van der Waals surface area contributed by atoms with Gasteiger partial charge >= 0.3 is 6.18 Å². The van der Waals surface area contributed by atoms with Crippen molar-refractivity contribution in [3.05, 3.63) is 83.1 Å². The number of aliphatic imine (C=N–C) groups is 1. The molecular weight excluding hydrogens is 1150 g/mol. The molecule has 4 heterocycles. The van der Waals surface area contributed by atoms with Crippen LogP contribution in [0, 0.1) is 35.4 Å². The third kappa shape index (κ3) is 20.5. The summed E-state index contributed by atoms with van der Waals surface area (Å²) >= 11 is 0. The Morgan fingerprint density at radius 3 is 2.25 bits per heavy atom. The molecule has 8 rings (SSSR count). The Balaban J connectivity index is 1.09. The molecule has 514 valence electrons.